The maximum absolute atomic E-state index is 4.05. The maximum Gasteiger partial charge on any atom is 0 e. The quantitative estimate of drug-likeness (QED) is 0.595. The molecule has 0 amide bonds. The van der Waals surface area contributed by atoms with Gasteiger partial charge in [0.05, 0.1) is 0 Å². The first-order valence-corrected chi connectivity index (χ1v) is 3.49. The first-order valence-electron chi connectivity index (χ1n) is 3.49. The molecule has 0 saturated carbocycles. The van der Waals surface area contributed by atoms with Crippen LogP contribution in [0.1, 0.15) is 5.69 Å². The van der Waals surface area contributed by atoms with Crippen molar-refractivity contribution in [2.45, 2.75) is 6.92 Å². The molecule has 65 valence electrons. The van der Waals surface area contributed by atoms with Gasteiger partial charge < -0.3 is 9.55 Å². The minimum absolute atomic E-state index is 0. The second kappa shape index (κ2) is 5.38. The largest absolute Gasteiger partial charge is 0.415 e. The van der Waals surface area contributed by atoms with E-state index in [1.807, 2.05) is 30.8 Å². The normalized spacial score (nSPS) is 9.08. The standard InChI is InChI=1S/C9H8N2.W.Y/c1-7-8-4-6-11(2)9(8)3-5-10-7;;/h3,6H,1-2H3;;/q-2;;. The summed E-state index contributed by atoms with van der Waals surface area (Å²) in [5.41, 5.74) is 2.13. The fraction of sp³-hybridized carbons (Fsp3) is 0.222. The second-order valence-electron chi connectivity index (χ2n) is 2.62. The molecule has 2 aromatic rings. The predicted molar refractivity (Wildman–Crippen MR) is 43.1 cm³/mol. The van der Waals surface area contributed by atoms with Gasteiger partial charge in [0.1, 0.15) is 0 Å². The molecule has 0 N–H and O–H groups in total. The third-order valence-corrected chi connectivity index (χ3v) is 1.83. The number of rotatable bonds is 0. The van der Waals surface area contributed by atoms with Gasteiger partial charge in [0.2, 0.25) is 0 Å². The Hall–Kier alpha value is 0.482. The van der Waals surface area contributed by atoms with E-state index in [0.29, 0.717) is 0 Å². The number of nitrogens with zero attached hydrogens (tertiary/aromatic N) is 2. The van der Waals surface area contributed by atoms with E-state index >= 15 is 0 Å². The van der Waals surface area contributed by atoms with Crippen molar-refractivity contribution in [1.29, 1.82) is 0 Å². The first kappa shape index (κ1) is 13.5. The monoisotopic (exact) mass is 417 g/mol. The van der Waals surface area contributed by atoms with Crippen LogP contribution in [0, 0.1) is 19.2 Å². The van der Waals surface area contributed by atoms with Crippen LogP contribution in [0.5, 0.6) is 0 Å². The molecule has 0 aliphatic heterocycles. The van der Waals surface area contributed by atoms with E-state index in [4.69, 9.17) is 0 Å². The summed E-state index contributed by atoms with van der Waals surface area (Å²) in [5.74, 6) is 0. The van der Waals surface area contributed by atoms with Crippen LogP contribution in [0.3, 0.4) is 0 Å². The van der Waals surface area contributed by atoms with E-state index in [2.05, 4.69) is 17.2 Å². The van der Waals surface area contributed by atoms with Gasteiger partial charge >= 0.3 is 0 Å². The Kier molecular flexibility index (Phi) is 5.58. The molecule has 0 saturated heterocycles. The summed E-state index contributed by atoms with van der Waals surface area (Å²) >= 11 is 0. The van der Waals surface area contributed by atoms with Crippen LogP contribution < -0.4 is 0 Å². The zero-order valence-electron chi connectivity index (χ0n) is 7.53. The Bertz CT molecular complexity index is 397. The summed E-state index contributed by atoms with van der Waals surface area (Å²) in [7, 11) is 1.99. The first-order chi connectivity index (χ1) is 5.29. The van der Waals surface area contributed by atoms with Crippen LogP contribution >= 0.6 is 0 Å². The molecule has 0 aliphatic rings. The average Bonchev–Trinajstić information content (AvgIpc) is 2.35. The van der Waals surface area contributed by atoms with Crippen molar-refractivity contribution in [3.63, 3.8) is 0 Å². The van der Waals surface area contributed by atoms with Crippen LogP contribution in [-0.2, 0) is 60.8 Å². The molecule has 13 heavy (non-hydrogen) atoms. The van der Waals surface area contributed by atoms with Crippen LogP contribution in [0.25, 0.3) is 10.9 Å². The minimum Gasteiger partial charge on any atom is -0.415 e. The van der Waals surface area contributed by atoms with Gasteiger partial charge in [0.25, 0.3) is 0 Å². The maximum atomic E-state index is 4.05. The molecule has 2 heterocycles. The van der Waals surface area contributed by atoms with Gasteiger partial charge in [-0.2, -0.15) is 6.07 Å². The van der Waals surface area contributed by atoms with Crippen molar-refractivity contribution in [2.24, 2.45) is 7.05 Å². The van der Waals surface area contributed by atoms with Gasteiger partial charge in [0.15, 0.2) is 0 Å². The van der Waals surface area contributed by atoms with E-state index in [-0.39, 0.29) is 53.8 Å². The summed E-state index contributed by atoms with van der Waals surface area (Å²) in [4.78, 5) is 4.05. The van der Waals surface area contributed by atoms with Gasteiger partial charge in [0, 0.05) is 53.8 Å². The summed E-state index contributed by atoms with van der Waals surface area (Å²) in [6, 6.07) is 5.01. The van der Waals surface area contributed by atoms with E-state index < -0.39 is 0 Å². The SMILES string of the molecule is Cc1n[c-]cc2c1[c-]cn2C.[W].[Y]. The van der Waals surface area contributed by atoms with Crippen LogP contribution in [0.2, 0.25) is 0 Å². The number of pyridine rings is 1. The Morgan fingerprint density at radius 3 is 2.77 bits per heavy atom. The molecule has 4 heteroatoms. The van der Waals surface area contributed by atoms with E-state index in [9.17, 15) is 0 Å². The average molecular weight is 417 g/mol. The summed E-state index contributed by atoms with van der Waals surface area (Å²) in [6.07, 6.45) is 4.75. The van der Waals surface area contributed by atoms with Gasteiger partial charge in [-0.3, -0.25) is 0 Å². The van der Waals surface area contributed by atoms with Crippen molar-refractivity contribution in [3.8, 4) is 0 Å². The summed E-state index contributed by atoms with van der Waals surface area (Å²) in [6.45, 7) is 1.97. The van der Waals surface area contributed by atoms with Gasteiger partial charge in [-0.05, 0) is 7.05 Å². The van der Waals surface area contributed by atoms with E-state index in [1.54, 1.807) is 0 Å². The van der Waals surface area contributed by atoms with Crippen molar-refractivity contribution in [1.82, 2.24) is 9.55 Å². The summed E-state index contributed by atoms with van der Waals surface area (Å²) in [5, 5.41) is 1.09. The fourth-order valence-corrected chi connectivity index (χ4v) is 1.19. The van der Waals surface area contributed by atoms with Crippen molar-refractivity contribution in [2.75, 3.05) is 0 Å². The third kappa shape index (κ3) is 2.49. The Balaban J connectivity index is 0.000000720. The molecule has 0 bridgehead atoms. The van der Waals surface area contributed by atoms with Crippen molar-refractivity contribution >= 4 is 10.9 Å². The number of hydrogen-bond donors (Lipinski definition) is 0. The Morgan fingerprint density at radius 1 is 1.46 bits per heavy atom. The van der Waals surface area contributed by atoms with Crippen LogP contribution in [0.15, 0.2) is 12.3 Å². The molecule has 0 aliphatic carbocycles. The molecule has 0 unspecified atom stereocenters. The zero-order valence-corrected chi connectivity index (χ0v) is 13.3. The topological polar surface area (TPSA) is 17.8 Å². The molecule has 2 rings (SSSR count). The molecule has 0 aromatic carbocycles. The molecule has 0 fully saturated rings. The van der Waals surface area contributed by atoms with Crippen molar-refractivity contribution < 1.29 is 53.8 Å². The molecule has 2 nitrogen and oxygen atoms in total. The second-order valence-corrected chi connectivity index (χ2v) is 2.62. The van der Waals surface area contributed by atoms with Crippen LogP contribution in [-0.4, -0.2) is 9.55 Å². The number of aryl methyl sites for hydroxylation is 2. The Morgan fingerprint density at radius 2 is 2.15 bits per heavy atom. The number of fused-ring (bicyclic) bond motifs is 1. The zero-order chi connectivity index (χ0) is 7.84. The fourth-order valence-electron chi connectivity index (χ4n) is 1.19. The molecule has 2 aromatic heterocycles. The summed E-state index contributed by atoms with van der Waals surface area (Å²) < 4.78 is 2.01. The predicted octanol–water partition coefficient (Wildman–Crippen LogP) is 1.48. The smallest absolute Gasteiger partial charge is 0 e. The molecule has 0 atom stereocenters. The number of aromatic nitrogens is 2. The minimum atomic E-state index is 0. The van der Waals surface area contributed by atoms with Gasteiger partial charge in [-0.25, -0.2) is 0 Å². The molecule has 1 radical (unpaired) electrons. The van der Waals surface area contributed by atoms with E-state index in [0.717, 1.165) is 16.6 Å². The van der Waals surface area contributed by atoms with Gasteiger partial charge in [-0.15, -0.1) is 11.5 Å². The number of hydrogen-bond acceptors (Lipinski definition) is 1. The van der Waals surface area contributed by atoms with E-state index in [1.165, 1.54) is 0 Å². The molecular weight excluding hydrogens is 409 g/mol. The van der Waals surface area contributed by atoms with Crippen LogP contribution in [0.4, 0.5) is 0 Å². The van der Waals surface area contributed by atoms with Gasteiger partial charge in [-0.1, -0.05) is 30.5 Å². The third-order valence-electron chi connectivity index (χ3n) is 1.83. The van der Waals surface area contributed by atoms with Crippen molar-refractivity contribution in [3.05, 3.63) is 30.2 Å². The molecular formula is C9H8N2WY-2. The molecule has 0 spiro atoms. The Labute approximate surface area is 117 Å².